The van der Waals surface area contributed by atoms with E-state index in [2.05, 4.69) is 5.32 Å². The summed E-state index contributed by atoms with van der Waals surface area (Å²) >= 11 is 11.9. The summed E-state index contributed by atoms with van der Waals surface area (Å²) in [6.45, 7) is 0. The first-order valence-electron chi connectivity index (χ1n) is 8.29. The third kappa shape index (κ3) is 4.70. The molecule has 1 amide bonds. The van der Waals surface area contributed by atoms with Crippen molar-refractivity contribution >= 4 is 50.5 Å². The lowest BCUT2D eigenvalue weighted by Gasteiger charge is -2.20. The number of halogens is 3. The number of carbonyl (C=O) groups excluding carboxylic acids is 1. The smallest absolute Gasteiger partial charge is 0.264 e. The lowest BCUT2D eigenvalue weighted by atomic mass is 10.2. The maximum atomic E-state index is 13.1. The van der Waals surface area contributed by atoms with Crippen LogP contribution in [0, 0.1) is 5.82 Å². The molecule has 0 aromatic heterocycles. The molecule has 0 bridgehead atoms. The van der Waals surface area contributed by atoms with E-state index >= 15 is 0 Å². The molecule has 0 fully saturated rings. The molecule has 0 saturated heterocycles. The van der Waals surface area contributed by atoms with Gasteiger partial charge in [0.1, 0.15) is 5.82 Å². The van der Waals surface area contributed by atoms with Gasteiger partial charge < -0.3 is 5.32 Å². The van der Waals surface area contributed by atoms with Crippen molar-refractivity contribution in [3.63, 3.8) is 0 Å². The number of rotatable bonds is 5. The third-order valence-electron chi connectivity index (χ3n) is 4.13. The van der Waals surface area contributed by atoms with Gasteiger partial charge in [-0.2, -0.15) is 0 Å². The lowest BCUT2D eigenvalue weighted by Crippen LogP contribution is -2.27. The Kier molecular flexibility index (Phi) is 6.12. The highest BCUT2D eigenvalue weighted by Crippen LogP contribution is 2.26. The zero-order chi connectivity index (χ0) is 21.2. The van der Waals surface area contributed by atoms with E-state index < -0.39 is 21.7 Å². The van der Waals surface area contributed by atoms with Gasteiger partial charge >= 0.3 is 0 Å². The van der Waals surface area contributed by atoms with Crippen LogP contribution in [-0.4, -0.2) is 21.4 Å². The SMILES string of the molecule is CN(c1ccc(F)cc1)S(=O)(=O)c1ccc(Cl)c(C(=O)Nc2ccc(Cl)cc2)c1. The number of hydrogen-bond donors (Lipinski definition) is 1. The van der Waals surface area contributed by atoms with Crippen LogP contribution in [0.5, 0.6) is 0 Å². The highest BCUT2D eigenvalue weighted by molar-refractivity contribution is 7.92. The largest absolute Gasteiger partial charge is 0.322 e. The van der Waals surface area contributed by atoms with E-state index in [-0.39, 0.29) is 21.2 Å². The van der Waals surface area contributed by atoms with E-state index in [9.17, 15) is 17.6 Å². The molecule has 3 aromatic rings. The molecule has 0 aliphatic heterocycles. The summed E-state index contributed by atoms with van der Waals surface area (Å²) in [7, 11) is -2.66. The monoisotopic (exact) mass is 452 g/mol. The summed E-state index contributed by atoms with van der Waals surface area (Å²) in [4.78, 5) is 12.5. The Hall–Kier alpha value is -2.61. The van der Waals surface area contributed by atoms with E-state index in [1.807, 2.05) is 0 Å². The Morgan fingerprint density at radius 3 is 2.21 bits per heavy atom. The molecule has 0 heterocycles. The number of amides is 1. The van der Waals surface area contributed by atoms with Crippen molar-refractivity contribution in [2.75, 3.05) is 16.7 Å². The second kappa shape index (κ2) is 8.41. The topological polar surface area (TPSA) is 66.5 Å². The molecule has 0 radical (unpaired) electrons. The zero-order valence-corrected chi connectivity index (χ0v) is 17.4. The summed E-state index contributed by atoms with van der Waals surface area (Å²) in [5, 5.41) is 3.25. The van der Waals surface area contributed by atoms with Crippen molar-refractivity contribution in [3.8, 4) is 0 Å². The van der Waals surface area contributed by atoms with Crippen LogP contribution in [0.3, 0.4) is 0 Å². The molecule has 150 valence electrons. The van der Waals surface area contributed by atoms with Crippen LogP contribution >= 0.6 is 23.2 Å². The molecule has 0 aliphatic rings. The first-order chi connectivity index (χ1) is 13.7. The second-order valence-electron chi connectivity index (χ2n) is 6.05. The van der Waals surface area contributed by atoms with Gasteiger partial charge in [0.15, 0.2) is 0 Å². The fourth-order valence-electron chi connectivity index (χ4n) is 2.52. The average Bonchev–Trinajstić information content (AvgIpc) is 2.70. The molecule has 3 aromatic carbocycles. The summed E-state index contributed by atoms with van der Waals surface area (Å²) in [5.41, 5.74) is 0.746. The van der Waals surface area contributed by atoms with Gasteiger partial charge in [0, 0.05) is 17.8 Å². The average molecular weight is 453 g/mol. The summed E-state index contributed by atoms with van der Waals surface area (Å²) in [5.74, 6) is -1.05. The van der Waals surface area contributed by atoms with E-state index in [0.717, 1.165) is 16.4 Å². The van der Waals surface area contributed by atoms with E-state index in [1.54, 1.807) is 24.3 Å². The minimum atomic E-state index is -4.00. The molecular weight excluding hydrogens is 438 g/mol. The minimum absolute atomic E-state index is 0.00445. The van der Waals surface area contributed by atoms with Crippen LogP contribution in [-0.2, 0) is 10.0 Å². The van der Waals surface area contributed by atoms with Crippen LogP contribution in [0.4, 0.5) is 15.8 Å². The minimum Gasteiger partial charge on any atom is -0.322 e. The van der Waals surface area contributed by atoms with Gasteiger partial charge in [0.05, 0.1) is 21.2 Å². The third-order valence-corrected chi connectivity index (χ3v) is 6.50. The fourth-order valence-corrected chi connectivity index (χ4v) is 4.07. The molecule has 5 nitrogen and oxygen atoms in total. The van der Waals surface area contributed by atoms with Gasteiger partial charge in [-0.25, -0.2) is 12.8 Å². The van der Waals surface area contributed by atoms with Crippen LogP contribution in [0.15, 0.2) is 71.6 Å². The molecule has 9 heteroatoms. The normalized spacial score (nSPS) is 11.2. The fraction of sp³-hybridized carbons (Fsp3) is 0.0500. The first-order valence-corrected chi connectivity index (χ1v) is 10.5. The second-order valence-corrected chi connectivity index (χ2v) is 8.86. The summed E-state index contributed by atoms with van der Waals surface area (Å²) in [6, 6.07) is 15.3. The predicted octanol–water partition coefficient (Wildman–Crippen LogP) is 5.21. The van der Waals surface area contributed by atoms with Crippen molar-refractivity contribution in [3.05, 3.63) is 88.2 Å². The van der Waals surface area contributed by atoms with Crippen molar-refractivity contribution < 1.29 is 17.6 Å². The Bertz CT molecular complexity index is 1150. The van der Waals surface area contributed by atoms with Crippen molar-refractivity contribution in [1.29, 1.82) is 0 Å². The Labute approximate surface area is 177 Å². The molecule has 29 heavy (non-hydrogen) atoms. The molecule has 3 rings (SSSR count). The first kappa shape index (κ1) is 21.1. The maximum Gasteiger partial charge on any atom is 0.264 e. The quantitative estimate of drug-likeness (QED) is 0.577. The molecule has 0 aliphatic carbocycles. The van der Waals surface area contributed by atoms with Crippen molar-refractivity contribution in [1.82, 2.24) is 0 Å². The van der Waals surface area contributed by atoms with E-state index in [0.29, 0.717) is 10.7 Å². The number of hydrogen-bond acceptors (Lipinski definition) is 3. The highest BCUT2D eigenvalue weighted by Gasteiger charge is 2.24. The molecule has 0 saturated carbocycles. The standard InChI is InChI=1S/C20H15Cl2FN2O3S/c1-25(16-8-4-14(23)5-9-16)29(27,28)17-10-11-19(22)18(12-17)20(26)24-15-6-2-13(21)3-7-15/h2-12H,1H3,(H,24,26). The molecule has 1 N–H and O–H groups in total. The zero-order valence-electron chi connectivity index (χ0n) is 15.1. The van der Waals surface area contributed by atoms with Gasteiger partial charge in [-0.3, -0.25) is 9.10 Å². The number of nitrogens with zero attached hydrogens (tertiary/aromatic N) is 1. The Morgan fingerprint density at radius 1 is 0.966 bits per heavy atom. The number of carbonyl (C=O) groups is 1. The van der Waals surface area contributed by atoms with Gasteiger partial charge in [-0.1, -0.05) is 23.2 Å². The highest BCUT2D eigenvalue weighted by atomic mass is 35.5. The predicted molar refractivity (Wildman–Crippen MR) is 113 cm³/mol. The molecule has 0 atom stereocenters. The van der Waals surface area contributed by atoms with Gasteiger partial charge in [-0.15, -0.1) is 0 Å². The number of sulfonamides is 1. The molecular formula is C20H15Cl2FN2O3S. The van der Waals surface area contributed by atoms with Crippen LogP contribution in [0.25, 0.3) is 0 Å². The maximum absolute atomic E-state index is 13.1. The van der Waals surface area contributed by atoms with Gasteiger partial charge in [0.2, 0.25) is 0 Å². The Morgan fingerprint density at radius 2 is 1.59 bits per heavy atom. The van der Waals surface area contributed by atoms with Crippen LogP contribution < -0.4 is 9.62 Å². The lowest BCUT2D eigenvalue weighted by molar-refractivity contribution is 0.102. The van der Waals surface area contributed by atoms with Crippen molar-refractivity contribution in [2.45, 2.75) is 4.90 Å². The van der Waals surface area contributed by atoms with E-state index in [4.69, 9.17) is 23.2 Å². The Balaban J connectivity index is 1.91. The number of anilines is 2. The van der Waals surface area contributed by atoms with E-state index in [1.165, 1.54) is 37.4 Å². The number of benzene rings is 3. The van der Waals surface area contributed by atoms with Gasteiger partial charge in [0.25, 0.3) is 15.9 Å². The summed E-state index contributed by atoms with van der Waals surface area (Å²) < 4.78 is 40.0. The van der Waals surface area contributed by atoms with Crippen LogP contribution in [0.2, 0.25) is 10.0 Å². The van der Waals surface area contributed by atoms with Crippen molar-refractivity contribution in [2.24, 2.45) is 0 Å². The number of nitrogens with one attached hydrogen (secondary N) is 1. The van der Waals surface area contributed by atoms with Crippen LogP contribution in [0.1, 0.15) is 10.4 Å². The molecule has 0 unspecified atom stereocenters. The van der Waals surface area contributed by atoms with Gasteiger partial charge in [-0.05, 0) is 66.7 Å². The molecule has 0 spiro atoms. The summed E-state index contributed by atoms with van der Waals surface area (Å²) in [6.07, 6.45) is 0.